The van der Waals surface area contributed by atoms with E-state index in [0.29, 0.717) is 23.5 Å². The Morgan fingerprint density at radius 3 is 2.47 bits per heavy atom. The fraction of sp³-hybridized carbons (Fsp3) is 0.324. The summed E-state index contributed by atoms with van der Waals surface area (Å²) in [6.07, 6.45) is 11.3. The van der Waals surface area contributed by atoms with Gasteiger partial charge in [-0.15, -0.1) is 0 Å². The monoisotopic (exact) mass is 573 g/mol. The molecule has 4 aromatic heterocycles. The number of nitrogens with two attached hydrogens (primary N) is 1. The van der Waals surface area contributed by atoms with E-state index in [2.05, 4.69) is 43.7 Å². The van der Waals surface area contributed by atoms with Crippen molar-refractivity contribution in [3.05, 3.63) is 84.9 Å². The lowest BCUT2D eigenvalue weighted by Gasteiger charge is -2.42. The van der Waals surface area contributed by atoms with Gasteiger partial charge in [0, 0.05) is 67.2 Å². The number of likely N-dealkylation sites (tertiary alicyclic amines) is 1. The van der Waals surface area contributed by atoms with Crippen LogP contribution >= 0.6 is 0 Å². The molecule has 0 amide bonds. The highest BCUT2D eigenvalue weighted by Gasteiger charge is 2.33. The molecular weight excluding hydrogens is 538 g/mol. The maximum absolute atomic E-state index is 11.8. The largest absolute Gasteiger partial charge is 0.469 e. The van der Waals surface area contributed by atoms with Gasteiger partial charge in [-0.3, -0.25) is 14.3 Å². The lowest BCUT2D eigenvalue weighted by Crippen LogP contribution is -2.47. The van der Waals surface area contributed by atoms with E-state index in [1.54, 1.807) is 12.4 Å². The van der Waals surface area contributed by atoms with Gasteiger partial charge in [0.2, 0.25) is 0 Å². The zero-order chi connectivity index (χ0) is 29.3. The number of benzene rings is 1. The average molecular weight is 574 g/mol. The number of imidazole rings is 1. The van der Waals surface area contributed by atoms with Crippen molar-refractivity contribution in [2.24, 2.45) is 11.8 Å². The van der Waals surface area contributed by atoms with E-state index >= 15 is 0 Å². The first-order valence-corrected chi connectivity index (χ1v) is 15.0. The number of anilines is 1. The van der Waals surface area contributed by atoms with Gasteiger partial charge in [0.15, 0.2) is 11.5 Å². The minimum Gasteiger partial charge on any atom is -0.469 e. The van der Waals surface area contributed by atoms with E-state index in [1.807, 2.05) is 42.7 Å². The van der Waals surface area contributed by atoms with Crippen LogP contribution in [0.3, 0.4) is 0 Å². The second kappa shape index (κ2) is 11.6. The molecule has 7 rings (SSSR count). The molecule has 1 aromatic carbocycles. The van der Waals surface area contributed by atoms with E-state index < -0.39 is 0 Å². The summed E-state index contributed by atoms with van der Waals surface area (Å²) in [7, 11) is 1.49. The molecule has 2 N–H and O–H groups in total. The van der Waals surface area contributed by atoms with Gasteiger partial charge >= 0.3 is 5.97 Å². The first-order valence-electron chi connectivity index (χ1n) is 15.0. The van der Waals surface area contributed by atoms with Gasteiger partial charge in [-0.25, -0.2) is 15.0 Å². The van der Waals surface area contributed by atoms with Gasteiger partial charge < -0.3 is 15.4 Å². The van der Waals surface area contributed by atoms with Crippen molar-refractivity contribution in [1.29, 1.82) is 0 Å². The van der Waals surface area contributed by atoms with E-state index in [0.717, 1.165) is 78.9 Å². The summed E-state index contributed by atoms with van der Waals surface area (Å²) >= 11 is 0. The van der Waals surface area contributed by atoms with Crippen LogP contribution in [-0.2, 0) is 9.53 Å². The fourth-order valence-corrected chi connectivity index (χ4v) is 6.63. The lowest BCUT2D eigenvalue weighted by molar-refractivity contribution is -0.146. The number of carbonyl (C=O) groups excluding carboxylic acids is 1. The third-order valence-corrected chi connectivity index (χ3v) is 9.05. The van der Waals surface area contributed by atoms with Crippen LogP contribution in [-0.4, -0.2) is 62.1 Å². The molecule has 218 valence electrons. The van der Waals surface area contributed by atoms with Crippen molar-refractivity contribution >= 4 is 23.0 Å². The minimum atomic E-state index is -0.0455. The number of rotatable bonds is 7. The number of fused-ring (bicyclic) bond motifs is 1. The highest BCUT2D eigenvalue weighted by molar-refractivity contribution is 5.85. The summed E-state index contributed by atoms with van der Waals surface area (Å²) in [5, 5.41) is 0. The first kappa shape index (κ1) is 27.2. The van der Waals surface area contributed by atoms with Crippen molar-refractivity contribution in [2.45, 2.75) is 31.6 Å². The Kier molecular flexibility index (Phi) is 7.32. The summed E-state index contributed by atoms with van der Waals surface area (Å²) in [4.78, 5) is 32.8. The Labute approximate surface area is 250 Å². The third kappa shape index (κ3) is 5.36. The zero-order valence-electron chi connectivity index (χ0n) is 24.3. The van der Waals surface area contributed by atoms with Gasteiger partial charge in [0.05, 0.1) is 18.6 Å². The van der Waals surface area contributed by atoms with Crippen LogP contribution in [0, 0.1) is 11.8 Å². The molecule has 0 spiro atoms. The van der Waals surface area contributed by atoms with Crippen LogP contribution in [0.4, 0.5) is 5.82 Å². The van der Waals surface area contributed by atoms with Crippen LogP contribution in [0.25, 0.3) is 39.4 Å². The molecular formula is C34H35N7O2. The molecule has 2 fully saturated rings. The van der Waals surface area contributed by atoms with Crippen LogP contribution < -0.4 is 5.73 Å². The number of hydrogen-bond donors (Lipinski definition) is 1. The highest BCUT2D eigenvalue weighted by Crippen LogP contribution is 2.35. The summed E-state index contributed by atoms with van der Waals surface area (Å²) in [6.45, 7) is 3.26. The SMILES string of the molecule is COC(=O)C1CCC(CN2CC(c3ccc(-n4c(-c5cccnc5N)nc5cc(-c6cccnc6)cnc54)cc3)C2)CC1. The molecule has 0 atom stereocenters. The Bertz CT molecular complexity index is 1740. The summed E-state index contributed by atoms with van der Waals surface area (Å²) in [6, 6.07) is 18.6. The van der Waals surface area contributed by atoms with Crippen LogP contribution in [0.1, 0.15) is 37.2 Å². The topological polar surface area (TPSA) is 112 Å². The van der Waals surface area contributed by atoms with Gasteiger partial charge in [-0.2, -0.15) is 0 Å². The maximum atomic E-state index is 11.8. The van der Waals surface area contributed by atoms with Gasteiger partial charge in [-0.1, -0.05) is 18.2 Å². The predicted molar refractivity (Wildman–Crippen MR) is 166 cm³/mol. The molecule has 1 saturated heterocycles. The number of methoxy groups -OCH3 is 1. The lowest BCUT2D eigenvalue weighted by atomic mass is 9.80. The average Bonchev–Trinajstić information content (AvgIpc) is 3.42. The molecule has 43 heavy (non-hydrogen) atoms. The zero-order valence-corrected chi connectivity index (χ0v) is 24.3. The number of esters is 1. The quantitative estimate of drug-likeness (QED) is 0.254. The Morgan fingerprint density at radius 1 is 0.953 bits per heavy atom. The van der Waals surface area contributed by atoms with E-state index in [4.69, 9.17) is 20.4 Å². The van der Waals surface area contributed by atoms with Crippen molar-refractivity contribution in [2.75, 3.05) is 32.5 Å². The molecule has 5 aromatic rings. The number of hydrogen-bond acceptors (Lipinski definition) is 8. The standard InChI is InChI=1S/C34H35N7O2/c1-43-34(42)24-8-6-22(7-9-24)19-40-20-27(21-40)23-10-12-28(13-11-23)41-32(29-5-3-15-37-31(29)35)39-30-16-26(18-38-33(30)41)25-4-2-14-36-17-25/h2-5,10-18,22,24,27H,6-9,19-21H2,1H3,(H2,35,37). The molecule has 9 nitrogen and oxygen atoms in total. The molecule has 1 aliphatic heterocycles. The molecule has 2 aliphatic rings. The van der Waals surface area contributed by atoms with Crippen molar-refractivity contribution < 1.29 is 9.53 Å². The molecule has 0 radical (unpaired) electrons. The highest BCUT2D eigenvalue weighted by atomic mass is 16.5. The maximum Gasteiger partial charge on any atom is 0.308 e. The first-order chi connectivity index (χ1) is 21.1. The number of pyridine rings is 3. The van der Waals surface area contributed by atoms with Crippen LogP contribution in [0.2, 0.25) is 0 Å². The number of nitrogens with zero attached hydrogens (tertiary/aromatic N) is 6. The summed E-state index contributed by atoms with van der Waals surface area (Å²) < 4.78 is 7.01. The Hall–Kier alpha value is -4.63. The van der Waals surface area contributed by atoms with Gasteiger partial charge in [0.1, 0.15) is 11.3 Å². The molecule has 0 unspecified atom stereocenters. The van der Waals surface area contributed by atoms with Crippen LogP contribution in [0.15, 0.2) is 79.4 Å². The van der Waals surface area contributed by atoms with E-state index in [-0.39, 0.29) is 11.9 Å². The number of nitrogen functional groups attached to an aromatic ring is 1. The Balaban J connectivity index is 1.10. The third-order valence-electron chi connectivity index (χ3n) is 9.05. The molecule has 5 heterocycles. The number of aromatic nitrogens is 5. The van der Waals surface area contributed by atoms with E-state index in [1.165, 1.54) is 12.7 Å². The summed E-state index contributed by atoms with van der Waals surface area (Å²) in [5.41, 5.74) is 12.9. The smallest absolute Gasteiger partial charge is 0.308 e. The van der Waals surface area contributed by atoms with Crippen LogP contribution in [0.5, 0.6) is 0 Å². The second-order valence-corrected chi connectivity index (χ2v) is 11.8. The van der Waals surface area contributed by atoms with Gasteiger partial charge in [-0.05, 0) is 73.6 Å². The van der Waals surface area contributed by atoms with Crippen molar-refractivity contribution in [1.82, 2.24) is 29.4 Å². The normalized spacial score (nSPS) is 19.3. The molecule has 0 bridgehead atoms. The van der Waals surface area contributed by atoms with E-state index in [9.17, 15) is 4.79 Å². The predicted octanol–water partition coefficient (Wildman–Crippen LogP) is 5.51. The second-order valence-electron chi connectivity index (χ2n) is 11.8. The number of carbonyl (C=O) groups is 1. The molecule has 1 aliphatic carbocycles. The Morgan fingerprint density at radius 2 is 1.74 bits per heavy atom. The molecule has 1 saturated carbocycles. The fourth-order valence-electron chi connectivity index (χ4n) is 6.63. The number of ether oxygens (including phenoxy) is 1. The van der Waals surface area contributed by atoms with Crippen molar-refractivity contribution in [3.63, 3.8) is 0 Å². The molecule has 9 heteroatoms. The minimum absolute atomic E-state index is 0.0455. The van der Waals surface area contributed by atoms with Crippen molar-refractivity contribution in [3.8, 4) is 28.2 Å². The summed E-state index contributed by atoms with van der Waals surface area (Å²) in [5.74, 6) is 2.37. The van der Waals surface area contributed by atoms with Gasteiger partial charge in [0.25, 0.3) is 0 Å².